The van der Waals surface area contributed by atoms with E-state index in [1.54, 1.807) is 38.3 Å². The summed E-state index contributed by atoms with van der Waals surface area (Å²) in [6, 6.07) is 6.84. The first kappa shape index (κ1) is 13.3. The fourth-order valence-electron chi connectivity index (χ4n) is 1.84. The number of methoxy groups -OCH3 is 1. The van der Waals surface area contributed by atoms with Gasteiger partial charge in [-0.15, -0.1) is 0 Å². The van der Waals surface area contributed by atoms with Crippen molar-refractivity contribution >= 4 is 16.7 Å². The Kier molecular flexibility index (Phi) is 3.97. The molecule has 1 N–H and O–H groups in total. The predicted octanol–water partition coefficient (Wildman–Crippen LogP) is 1.95. The van der Waals surface area contributed by atoms with Crippen LogP contribution in [0.1, 0.15) is 12.5 Å². The predicted molar refractivity (Wildman–Crippen MR) is 73.1 cm³/mol. The van der Waals surface area contributed by atoms with E-state index < -0.39 is 5.63 Å². The molecule has 100 valence electrons. The maximum atomic E-state index is 11.9. The summed E-state index contributed by atoms with van der Waals surface area (Å²) in [7, 11) is 1.58. The summed E-state index contributed by atoms with van der Waals surface area (Å²) in [6.45, 7) is 2.54. The highest BCUT2D eigenvalue weighted by Crippen LogP contribution is 2.26. The zero-order valence-corrected chi connectivity index (χ0v) is 10.8. The quantitative estimate of drug-likeness (QED) is 0.518. The number of para-hydroxylation sites is 1. The molecule has 2 rings (SSSR count). The first-order chi connectivity index (χ1) is 9.15. The third-order valence-electron chi connectivity index (χ3n) is 2.79. The van der Waals surface area contributed by atoms with Crippen LogP contribution in [0.25, 0.3) is 11.0 Å². The summed E-state index contributed by atoms with van der Waals surface area (Å²) in [5.74, 6) is -0.0921. The number of benzene rings is 1. The Morgan fingerprint density at radius 1 is 1.42 bits per heavy atom. The molecule has 0 aliphatic rings. The second kappa shape index (κ2) is 5.67. The van der Waals surface area contributed by atoms with Crippen LogP contribution in [0.3, 0.4) is 0 Å². The molecular formula is C14H15NO4. The highest BCUT2D eigenvalue weighted by Gasteiger charge is 2.15. The van der Waals surface area contributed by atoms with Crippen LogP contribution in [0.15, 0.2) is 38.5 Å². The van der Waals surface area contributed by atoms with Gasteiger partial charge in [-0.1, -0.05) is 12.1 Å². The van der Waals surface area contributed by atoms with Gasteiger partial charge in [-0.25, -0.2) is 4.79 Å². The average molecular weight is 261 g/mol. The Hall–Kier alpha value is -2.14. The Morgan fingerprint density at radius 2 is 2.16 bits per heavy atom. The highest BCUT2D eigenvalue weighted by molar-refractivity contribution is 6.04. The topological polar surface area (TPSA) is 72.0 Å². The van der Waals surface area contributed by atoms with Crippen LogP contribution in [0.4, 0.5) is 0 Å². The molecule has 0 spiro atoms. The zero-order valence-electron chi connectivity index (χ0n) is 10.8. The van der Waals surface area contributed by atoms with E-state index in [1.165, 1.54) is 0 Å². The SMILES string of the molecule is COCCN=C(C)c1c(O)c2ccccc2oc1=O. The van der Waals surface area contributed by atoms with Gasteiger partial charge in [0.25, 0.3) is 0 Å². The minimum atomic E-state index is -0.588. The van der Waals surface area contributed by atoms with E-state index >= 15 is 0 Å². The van der Waals surface area contributed by atoms with Crippen LogP contribution >= 0.6 is 0 Å². The maximum Gasteiger partial charge on any atom is 0.349 e. The maximum absolute atomic E-state index is 11.9. The van der Waals surface area contributed by atoms with E-state index in [-0.39, 0.29) is 11.3 Å². The number of aromatic hydroxyl groups is 1. The monoisotopic (exact) mass is 261 g/mol. The van der Waals surface area contributed by atoms with Gasteiger partial charge in [-0.2, -0.15) is 0 Å². The molecule has 0 unspecified atom stereocenters. The zero-order chi connectivity index (χ0) is 13.8. The Balaban J connectivity index is 2.54. The number of hydrogen-bond donors (Lipinski definition) is 1. The molecule has 0 bridgehead atoms. The first-order valence-electron chi connectivity index (χ1n) is 5.90. The number of rotatable bonds is 4. The van der Waals surface area contributed by atoms with Crippen LogP contribution in [0.2, 0.25) is 0 Å². The summed E-state index contributed by atoms with van der Waals surface area (Å²) in [5.41, 5.74) is 0.317. The molecule has 0 fully saturated rings. The van der Waals surface area contributed by atoms with Gasteiger partial charge in [0.05, 0.1) is 24.2 Å². The lowest BCUT2D eigenvalue weighted by Gasteiger charge is -2.06. The summed E-state index contributed by atoms with van der Waals surface area (Å²) >= 11 is 0. The molecule has 2 aromatic rings. The van der Waals surface area contributed by atoms with Crippen LogP contribution < -0.4 is 5.63 Å². The Bertz CT molecular complexity index is 673. The smallest absolute Gasteiger partial charge is 0.349 e. The molecule has 1 aromatic heterocycles. The fourth-order valence-corrected chi connectivity index (χ4v) is 1.84. The molecule has 1 aromatic carbocycles. The van der Waals surface area contributed by atoms with Crippen molar-refractivity contribution in [2.24, 2.45) is 4.99 Å². The number of fused-ring (bicyclic) bond motifs is 1. The van der Waals surface area contributed by atoms with E-state index in [4.69, 9.17) is 9.15 Å². The van der Waals surface area contributed by atoms with E-state index in [1.807, 2.05) is 0 Å². The minimum Gasteiger partial charge on any atom is -0.506 e. The summed E-state index contributed by atoms with van der Waals surface area (Å²) in [4.78, 5) is 16.1. The van der Waals surface area contributed by atoms with Gasteiger partial charge in [0.15, 0.2) is 0 Å². The lowest BCUT2D eigenvalue weighted by atomic mass is 10.1. The summed E-state index contributed by atoms with van der Waals surface area (Å²) < 4.78 is 10.1. The van der Waals surface area contributed by atoms with Crippen LogP contribution in [-0.4, -0.2) is 31.1 Å². The third-order valence-corrected chi connectivity index (χ3v) is 2.79. The van der Waals surface area contributed by atoms with Gasteiger partial charge < -0.3 is 14.3 Å². The van der Waals surface area contributed by atoms with E-state index in [0.29, 0.717) is 29.8 Å². The van der Waals surface area contributed by atoms with Crippen molar-refractivity contribution in [3.05, 3.63) is 40.2 Å². The van der Waals surface area contributed by atoms with Crippen LogP contribution in [-0.2, 0) is 4.74 Å². The molecule has 5 nitrogen and oxygen atoms in total. The van der Waals surface area contributed by atoms with Crippen LogP contribution in [0, 0.1) is 0 Å². The lowest BCUT2D eigenvalue weighted by Crippen LogP contribution is -2.13. The Labute approximate surface area is 110 Å². The molecule has 1 heterocycles. The molecule has 0 amide bonds. The molecule has 19 heavy (non-hydrogen) atoms. The second-order valence-corrected chi connectivity index (χ2v) is 4.07. The number of aliphatic imine (C=N–C) groups is 1. The normalized spacial score (nSPS) is 12.0. The van der Waals surface area contributed by atoms with Crippen molar-refractivity contribution in [2.45, 2.75) is 6.92 Å². The van der Waals surface area contributed by atoms with Gasteiger partial charge in [-0.3, -0.25) is 4.99 Å². The third kappa shape index (κ3) is 2.66. The van der Waals surface area contributed by atoms with Gasteiger partial charge in [0, 0.05) is 7.11 Å². The first-order valence-corrected chi connectivity index (χ1v) is 5.90. The van der Waals surface area contributed by atoms with E-state index in [2.05, 4.69) is 4.99 Å². The van der Waals surface area contributed by atoms with Crippen molar-refractivity contribution in [1.29, 1.82) is 0 Å². The molecule has 0 atom stereocenters. The van der Waals surface area contributed by atoms with E-state index in [9.17, 15) is 9.90 Å². The van der Waals surface area contributed by atoms with Crippen molar-refractivity contribution in [2.75, 3.05) is 20.3 Å². The average Bonchev–Trinajstić information content (AvgIpc) is 2.39. The molecule has 5 heteroatoms. The van der Waals surface area contributed by atoms with Crippen molar-refractivity contribution < 1.29 is 14.3 Å². The van der Waals surface area contributed by atoms with Gasteiger partial charge in [0.1, 0.15) is 16.9 Å². The van der Waals surface area contributed by atoms with Crippen molar-refractivity contribution in [3.8, 4) is 5.75 Å². The van der Waals surface area contributed by atoms with Crippen molar-refractivity contribution in [1.82, 2.24) is 0 Å². The van der Waals surface area contributed by atoms with Crippen LogP contribution in [0.5, 0.6) is 5.75 Å². The standard InChI is InChI=1S/C14H15NO4/c1-9(15-7-8-18-2)12-13(16)10-5-3-4-6-11(10)19-14(12)17/h3-6,16H,7-8H2,1-2H3. The number of hydrogen-bond acceptors (Lipinski definition) is 5. The minimum absolute atomic E-state index is 0.0921. The largest absolute Gasteiger partial charge is 0.506 e. The number of ether oxygens (including phenoxy) is 1. The van der Waals surface area contributed by atoms with Gasteiger partial charge >= 0.3 is 5.63 Å². The molecule has 0 saturated heterocycles. The fraction of sp³-hybridized carbons (Fsp3) is 0.286. The van der Waals surface area contributed by atoms with E-state index in [0.717, 1.165) is 0 Å². The van der Waals surface area contributed by atoms with Gasteiger partial charge in [0.2, 0.25) is 0 Å². The summed E-state index contributed by atoms with van der Waals surface area (Å²) in [6.07, 6.45) is 0. The lowest BCUT2D eigenvalue weighted by molar-refractivity contribution is 0.208. The number of nitrogens with zero attached hydrogens (tertiary/aromatic N) is 1. The molecule has 0 radical (unpaired) electrons. The molecule has 0 saturated carbocycles. The second-order valence-electron chi connectivity index (χ2n) is 4.07. The Morgan fingerprint density at radius 3 is 2.89 bits per heavy atom. The molecule has 0 aliphatic heterocycles. The molecular weight excluding hydrogens is 246 g/mol. The highest BCUT2D eigenvalue weighted by atomic mass is 16.5. The summed E-state index contributed by atoms with van der Waals surface area (Å²) in [5, 5.41) is 10.7. The molecule has 0 aliphatic carbocycles. The van der Waals surface area contributed by atoms with Gasteiger partial charge in [-0.05, 0) is 19.1 Å². The van der Waals surface area contributed by atoms with Crippen molar-refractivity contribution in [3.63, 3.8) is 0 Å².